The maximum absolute atomic E-state index is 12.3. The van der Waals surface area contributed by atoms with Crippen LogP contribution in [0, 0.1) is 0 Å². The lowest BCUT2D eigenvalue weighted by molar-refractivity contribution is -0.118. The van der Waals surface area contributed by atoms with E-state index in [0.717, 1.165) is 69.6 Å². The van der Waals surface area contributed by atoms with Crippen molar-refractivity contribution in [2.24, 2.45) is 0 Å². The van der Waals surface area contributed by atoms with Crippen LogP contribution in [0.5, 0.6) is 0 Å². The summed E-state index contributed by atoms with van der Waals surface area (Å²) in [6.07, 6.45) is 0.943. The summed E-state index contributed by atoms with van der Waals surface area (Å²) >= 11 is 0. The summed E-state index contributed by atoms with van der Waals surface area (Å²) < 4.78 is 0. The molecule has 0 spiro atoms. The van der Waals surface area contributed by atoms with Crippen molar-refractivity contribution < 1.29 is 4.79 Å². The van der Waals surface area contributed by atoms with E-state index >= 15 is 0 Å². The molecular weight excluding hydrogens is 428 g/mol. The van der Waals surface area contributed by atoms with Gasteiger partial charge in [0.05, 0.1) is 6.54 Å². The van der Waals surface area contributed by atoms with Crippen LogP contribution in [0.15, 0.2) is 24.3 Å². The fourth-order valence-corrected chi connectivity index (χ4v) is 4.59. The lowest BCUT2D eigenvalue weighted by atomic mass is 9.98. The number of rotatable bonds is 3. The van der Waals surface area contributed by atoms with Crippen LogP contribution in [0.3, 0.4) is 0 Å². The van der Waals surface area contributed by atoms with Crippen molar-refractivity contribution in [3.63, 3.8) is 0 Å². The molecule has 2 fully saturated rings. The van der Waals surface area contributed by atoms with Gasteiger partial charge in [0.15, 0.2) is 0 Å². The molecule has 5 rings (SSSR count). The van der Waals surface area contributed by atoms with E-state index < -0.39 is 0 Å². The zero-order valence-corrected chi connectivity index (χ0v) is 19.3. The Balaban J connectivity index is 0.00000245. The number of likely N-dealkylation sites (N-methyl/N-ethyl adjacent to an activating group) is 1. The van der Waals surface area contributed by atoms with Crippen LogP contribution in [-0.4, -0.2) is 80.2 Å². The molecule has 0 aliphatic carbocycles. The van der Waals surface area contributed by atoms with Gasteiger partial charge in [0.1, 0.15) is 11.6 Å². The largest absolute Gasteiger partial charge is 0.368 e. The molecule has 9 nitrogen and oxygen atoms in total. The van der Waals surface area contributed by atoms with Gasteiger partial charge in [0, 0.05) is 64.1 Å². The highest BCUT2D eigenvalue weighted by Gasteiger charge is 2.24. The number of aromatic nitrogens is 2. The Hall–Kier alpha value is -2.62. The molecule has 3 aliphatic heterocycles. The van der Waals surface area contributed by atoms with E-state index in [-0.39, 0.29) is 18.3 Å². The second kappa shape index (κ2) is 9.48. The Labute approximate surface area is 195 Å². The molecule has 1 aromatic heterocycles. The second-order valence-corrected chi connectivity index (χ2v) is 8.58. The molecule has 2 aromatic rings. The molecule has 3 aliphatic rings. The Morgan fingerprint density at radius 1 is 0.938 bits per heavy atom. The number of piperazine rings is 2. The molecule has 0 radical (unpaired) electrons. The highest BCUT2D eigenvalue weighted by molar-refractivity contribution is 5.95. The van der Waals surface area contributed by atoms with Gasteiger partial charge >= 0.3 is 0 Å². The standard InChI is InChI=1S/C22H30N8O.ClH/c1-27-8-10-28(11-9-27)19-13-20(26-22(23)25-19)29-6-4-16-2-3-18(12-17(16)15-29)30-7-5-24-14-21(30)31;/h2-3,12-13,24H,4-11,14-15H2,1H3,(H2,23,25,26);1H. The van der Waals surface area contributed by atoms with Crippen molar-refractivity contribution in [3.05, 3.63) is 35.4 Å². The molecule has 2 saturated heterocycles. The first-order valence-corrected chi connectivity index (χ1v) is 11.0. The summed E-state index contributed by atoms with van der Waals surface area (Å²) in [7, 11) is 2.14. The minimum Gasteiger partial charge on any atom is -0.368 e. The Morgan fingerprint density at radius 3 is 2.44 bits per heavy atom. The number of hydrogen-bond acceptors (Lipinski definition) is 8. The third-order valence-electron chi connectivity index (χ3n) is 6.47. The molecule has 0 saturated carbocycles. The number of halogens is 1. The lowest BCUT2D eigenvalue weighted by Gasteiger charge is -2.35. The number of carbonyl (C=O) groups is 1. The number of nitrogens with one attached hydrogen (secondary N) is 1. The minimum absolute atomic E-state index is 0. The molecule has 10 heteroatoms. The van der Waals surface area contributed by atoms with Crippen molar-refractivity contribution in [2.45, 2.75) is 13.0 Å². The number of carbonyl (C=O) groups excluding carboxylic acids is 1. The highest BCUT2D eigenvalue weighted by Crippen LogP contribution is 2.29. The molecule has 3 N–H and O–H groups in total. The van der Waals surface area contributed by atoms with Gasteiger partial charge < -0.3 is 30.7 Å². The fourth-order valence-electron chi connectivity index (χ4n) is 4.59. The fraction of sp³-hybridized carbons (Fsp3) is 0.500. The van der Waals surface area contributed by atoms with E-state index in [2.05, 4.69) is 61.3 Å². The number of fused-ring (bicyclic) bond motifs is 1. The first-order chi connectivity index (χ1) is 15.1. The van der Waals surface area contributed by atoms with E-state index in [1.807, 2.05) is 4.90 Å². The van der Waals surface area contributed by atoms with Crippen LogP contribution in [0.2, 0.25) is 0 Å². The minimum atomic E-state index is 0. The zero-order valence-electron chi connectivity index (χ0n) is 18.5. The molecule has 32 heavy (non-hydrogen) atoms. The average Bonchev–Trinajstić information content (AvgIpc) is 2.79. The SMILES string of the molecule is CN1CCN(c2cc(N3CCc4ccc(N5CCNCC5=O)cc4C3)nc(N)n2)CC1.Cl. The first kappa shape index (κ1) is 22.6. The lowest BCUT2D eigenvalue weighted by Crippen LogP contribution is -2.48. The summed E-state index contributed by atoms with van der Waals surface area (Å²) in [6, 6.07) is 8.47. The zero-order chi connectivity index (χ0) is 21.4. The summed E-state index contributed by atoms with van der Waals surface area (Å²) in [5.74, 6) is 2.22. The van der Waals surface area contributed by atoms with Crippen molar-refractivity contribution in [1.29, 1.82) is 0 Å². The van der Waals surface area contributed by atoms with Gasteiger partial charge in [-0.05, 0) is 36.7 Å². The van der Waals surface area contributed by atoms with Crippen molar-refractivity contribution in [2.75, 3.05) is 79.8 Å². The van der Waals surface area contributed by atoms with Crippen molar-refractivity contribution in [1.82, 2.24) is 20.2 Å². The molecule has 0 atom stereocenters. The second-order valence-electron chi connectivity index (χ2n) is 8.58. The third-order valence-corrected chi connectivity index (χ3v) is 6.47. The van der Waals surface area contributed by atoms with Gasteiger partial charge in [-0.1, -0.05) is 6.07 Å². The van der Waals surface area contributed by atoms with Gasteiger partial charge in [0.2, 0.25) is 11.9 Å². The van der Waals surface area contributed by atoms with E-state index in [0.29, 0.717) is 19.0 Å². The van der Waals surface area contributed by atoms with E-state index in [1.54, 1.807) is 0 Å². The van der Waals surface area contributed by atoms with Gasteiger partial charge in [-0.2, -0.15) is 9.97 Å². The summed E-state index contributed by atoms with van der Waals surface area (Å²) in [6.45, 7) is 7.49. The number of nitrogens with two attached hydrogens (primary N) is 1. The third kappa shape index (κ3) is 4.60. The van der Waals surface area contributed by atoms with Crippen molar-refractivity contribution >= 4 is 41.6 Å². The van der Waals surface area contributed by atoms with Crippen LogP contribution in [0.25, 0.3) is 0 Å². The smallest absolute Gasteiger partial charge is 0.240 e. The number of nitrogens with zero attached hydrogens (tertiary/aromatic N) is 6. The predicted molar refractivity (Wildman–Crippen MR) is 130 cm³/mol. The first-order valence-electron chi connectivity index (χ1n) is 11.0. The topological polar surface area (TPSA) is 93.9 Å². The number of benzene rings is 1. The van der Waals surface area contributed by atoms with Crippen LogP contribution >= 0.6 is 12.4 Å². The highest BCUT2D eigenvalue weighted by atomic mass is 35.5. The van der Waals surface area contributed by atoms with Crippen LogP contribution < -0.4 is 25.8 Å². The summed E-state index contributed by atoms with van der Waals surface area (Å²) in [5, 5.41) is 3.13. The predicted octanol–water partition coefficient (Wildman–Crippen LogP) is 0.731. The number of anilines is 4. The molecule has 4 heterocycles. The maximum atomic E-state index is 12.3. The van der Waals surface area contributed by atoms with Crippen LogP contribution in [0.4, 0.5) is 23.3 Å². The average molecular weight is 459 g/mol. The molecule has 172 valence electrons. The van der Waals surface area contributed by atoms with Crippen LogP contribution in [-0.2, 0) is 17.8 Å². The van der Waals surface area contributed by atoms with Gasteiger partial charge in [-0.3, -0.25) is 4.79 Å². The Bertz CT molecular complexity index is 978. The van der Waals surface area contributed by atoms with E-state index in [1.165, 1.54) is 11.1 Å². The van der Waals surface area contributed by atoms with E-state index in [9.17, 15) is 4.79 Å². The van der Waals surface area contributed by atoms with Gasteiger partial charge in [-0.15, -0.1) is 12.4 Å². The van der Waals surface area contributed by atoms with Crippen molar-refractivity contribution in [3.8, 4) is 0 Å². The quantitative estimate of drug-likeness (QED) is 0.695. The number of hydrogen-bond donors (Lipinski definition) is 2. The Kier molecular flexibility index (Phi) is 6.68. The van der Waals surface area contributed by atoms with Crippen LogP contribution in [0.1, 0.15) is 11.1 Å². The molecule has 0 bridgehead atoms. The summed E-state index contributed by atoms with van der Waals surface area (Å²) in [5.41, 5.74) is 9.66. The Morgan fingerprint density at radius 2 is 1.69 bits per heavy atom. The molecular formula is C22H31ClN8O. The molecule has 1 aromatic carbocycles. The maximum Gasteiger partial charge on any atom is 0.240 e. The summed E-state index contributed by atoms with van der Waals surface area (Å²) in [4.78, 5) is 30.1. The normalized spacial score (nSPS) is 19.5. The number of amides is 1. The van der Waals surface area contributed by atoms with Gasteiger partial charge in [0.25, 0.3) is 0 Å². The van der Waals surface area contributed by atoms with E-state index in [4.69, 9.17) is 5.73 Å². The molecule has 1 amide bonds. The monoisotopic (exact) mass is 458 g/mol. The number of nitrogen functional groups attached to an aromatic ring is 1. The van der Waals surface area contributed by atoms with Gasteiger partial charge in [-0.25, -0.2) is 0 Å². The molecule has 0 unspecified atom stereocenters.